The summed E-state index contributed by atoms with van der Waals surface area (Å²) in [6.45, 7) is 2.39. The standard InChI is InChI=1S/C15H18N4O2/c1-11-2-4-12(5-3-11)15(21)19-10-14(20)18-7-6-13-16-8-9-17-13/h2-5,8-9H,6-7,10H2,1H3,(H,16,17)(H,18,20)(H,19,21). The molecule has 21 heavy (non-hydrogen) atoms. The molecule has 2 aromatic rings. The van der Waals surface area contributed by atoms with Crippen molar-refractivity contribution in [3.8, 4) is 0 Å². The average molecular weight is 286 g/mol. The minimum atomic E-state index is -0.254. The Balaban J connectivity index is 1.68. The SMILES string of the molecule is Cc1ccc(C(=O)NCC(=O)NCCc2ncc[nH]2)cc1. The lowest BCUT2D eigenvalue weighted by Gasteiger charge is -2.06. The summed E-state index contributed by atoms with van der Waals surface area (Å²) < 4.78 is 0. The molecule has 1 aromatic heterocycles. The zero-order valence-electron chi connectivity index (χ0n) is 11.8. The molecule has 0 unspecified atom stereocenters. The minimum absolute atomic E-state index is 0.0368. The highest BCUT2D eigenvalue weighted by atomic mass is 16.2. The summed E-state index contributed by atoms with van der Waals surface area (Å²) >= 11 is 0. The van der Waals surface area contributed by atoms with Crippen molar-refractivity contribution in [2.75, 3.05) is 13.1 Å². The van der Waals surface area contributed by atoms with Gasteiger partial charge in [-0.15, -0.1) is 0 Å². The third kappa shape index (κ3) is 4.76. The second kappa shape index (κ2) is 7.23. The molecule has 6 heteroatoms. The molecule has 0 saturated carbocycles. The molecule has 0 bridgehead atoms. The van der Waals surface area contributed by atoms with Crippen LogP contribution >= 0.6 is 0 Å². The van der Waals surface area contributed by atoms with Crippen molar-refractivity contribution >= 4 is 11.8 Å². The van der Waals surface area contributed by atoms with Crippen LogP contribution in [0, 0.1) is 6.92 Å². The van der Waals surface area contributed by atoms with Gasteiger partial charge < -0.3 is 15.6 Å². The van der Waals surface area contributed by atoms with Gasteiger partial charge in [0.2, 0.25) is 5.91 Å². The molecule has 0 aliphatic heterocycles. The van der Waals surface area contributed by atoms with Crippen LogP contribution in [-0.2, 0) is 11.2 Å². The molecule has 6 nitrogen and oxygen atoms in total. The number of carbonyl (C=O) groups is 2. The fourth-order valence-electron chi connectivity index (χ4n) is 1.79. The summed E-state index contributed by atoms with van der Waals surface area (Å²) in [6.07, 6.45) is 4.03. The molecule has 3 N–H and O–H groups in total. The Labute approximate surface area is 123 Å². The maximum atomic E-state index is 11.8. The number of hydrogen-bond donors (Lipinski definition) is 3. The van der Waals surface area contributed by atoms with E-state index < -0.39 is 0 Å². The van der Waals surface area contributed by atoms with E-state index in [0.717, 1.165) is 11.4 Å². The van der Waals surface area contributed by atoms with Crippen LogP contribution < -0.4 is 10.6 Å². The molecule has 110 valence electrons. The van der Waals surface area contributed by atoms with E-state index in [-0.39, 0.29) is 18.4 Å². The van der Waals surface area contributed by atoms with Gasteiger partial charge in [0.15, 0.2) is 0 Å². The van der Waals surface area contributed by atoms with Crippen LogP contribution in [0.2, 0.25) is 0 Å². The lowest BCUT2D eigenvalue weighted by atomic mass is 10.1. The number of nitrogens with zero attached hydrogens (tertiary/aromatic N) is 1. The van der Waals surface area contributed by atoms with E-state index in [1.165, 1.54) is 0 Å². The number of aromatic nitrogens is 2. The van der Waals surface area contributed by atoms with Gasteiger partial charge in [0.1, 0.15) is 5.82 Å². The Morgan fingerprint density at radius 1 is 1.19 bits per heavy atom. The van der Waals surface area contributed by atoms with Crippen LogP contribution in [0.1, 0.15) is 21.7 Å². The maximum Gasteiger partial charge on any atom is 0.251 e. The first-order valence-electron chi connectivity index (χ1n) is 6.75. The molecule has 0 saturated heterocycles. The quantitative estimate of drug-likeness (QED) is 0.734. The predicted octanol–water partition coefficient (Wildman–Crippen LogP) is 0.807. The molecule has 0 fully saturated rings. The molecular weight excluding hydrogens is 268 g/mol. The van der Waals surface area contributed by atoms with Crippen molar-refractivity contribution in [1.82, 2.24) is 20.6 Å². The molecule has 0 atom stereocenters. The van der Waals surface area contributed by atoms with Crippen LogP contribution in [0.5, 0.6) is 0 Å². The second-order valence-electron chi connectivity index (χ2n) is 4.68. The van der Waals surface area contributed by atoms with Crippen LogP contribution in [0.3, 0.4) is 0 Å². The zero-order chi connectivity index (χ0) is 15.1. The number of hydrogen-bond acceptors (Lipinski definition) is 3. The number of aromatic amines is 1. The highest BCUT2D eigenvalue weighted by Gasteiger charge is 2.07. The number of imidazole rings is 1. The summed E-state index contributed by atoms with van der Waals surface area (Å²) in [5.41, 5.74) is 1.63. The van der Waals surface area contributed by atoms with Crippen molar-refractivity contribution in [3.63, 3.8) is 0 Å². The smallest absolute Gasteiger partial charge is 0.251 e. The van der Waals surface area contributed by atoms with Crippen molar-refractivity contribution < 1.29 is 9.59 Å². The summed E-state index contributed by atoms with van der Waals surface area (Å²) in [5.74, 6) is 0.345. The second-order valence-corrected chi connectivity index (χ2v) is 4.68. The Morgan fingerprint density at radius 3 is 2.62 bits per heavy atom. The van der Waals surface area contributed by atoms with Gasteiger partial charge in [-0.3, -0.25) is 9.59 Å². The van der Waals surface area contributed by atoms with E-state index in [0.29, 0.717) is 18.5 Å². The highest BCUT2D eigenvalue weighted by Crippen LogP contribution is 2.02. The van der Waals surface area contributed by atoms with Crippen LogP contribution in [0.25, 0.3) is 0 Å². The first-order chi connectivity index (χ1) is 10.1. The van der Waals surface area contributed by atoms with Gasteiger partial charge >= 0.3 is 0 Å². The van der Waals surface area contributed by atoms with Gasteiger partial charge in [-0.05, 0) is 19.1 Å². The van der Waals surface area contributed by atoms with E-state index in [2.05, 4.69) is 20.6 Å². The summed E-state index contributed by atoms with van der Waals surface area (Å²) in [4.78, 5) is 30.4. The average Bonchev–Trinajstić information content (AvgIpc) is 2.99. The Hall–Kier alpha value is -2.63. The lowest BCUT2D eigenvalue weighted by Crippen LogP contribution is -2.37. The largest absolute Gasteiger partial charge is 0.354 e. The molecule has 0 aliphatic rings. The number of nitrogens with one attached hydrogen (secondary N) is 3. The lowest BCUT2D eigenvalue weighted by molar-refractivity contribution is -0.120. The fraction of sp³-hybridized carbons (Fsp3) is 0.267. The number of benzene rings is 1. The van der Waals surface area contributed by atoms with E-state index in [9.17, 15) is 9.59 Å². The van der Waals surface area contributed by atoms with E-state index in [1.54, 1.807) is 24.5 Å². The normalized spacial score (nSPS) is 10.1. The predicted molar refractivity (Wildman–Crippen MR) is 78.8 cm³/mol. The number of carbonyl (C=O) groups excluding carboxylic acids is 2. The van der Waals surface area contributed by atoms with Crippen molar-refractivity contribution in [3.05, 3.63) is 53.6 Å². The molecule has 2 amide bonds. The van der Waals surface area contributed by atoms with Gasteiger partial charge in [-0.25, -0.2) is 4.98 Å². The number of amides is 2. The monoisotopic (exact) mass is 286 g/mol. The van der Waals surface area contributed by atoms with Crippen molar-refractivity contribution in [1.29, 1.82) is 0 Å². The van der Waals surface area contributed by atoms with Crippen LogP contribution in [0.4, 0.5) is 0 Å². The zero-order valence-corrected chi connectivity index (χ0v) is 11.8. The number of aryl methyl sites for hydroxylation is 1. The third-order valence-electron chi connectivity index (χ3n) is 2.96. The highest BCUT2D eigenvalue weighted by molar-refractivity contribution is 5.96. The summed E-state index contributed by atoms with van der Waals surface area (Å²) in [7, 11) is 0. The van der Waals surface area contributed by atoms with Gasteiger partial charge in [0.25, 0.3) is 5.91 Å². The summed E-state index contributed by atoms with van der Waals surface area (Å²) in [6, 6.07) is 7.19. The summed E-state index contributed by atoms with van der Waals surface area (Å²) in [5, 5.41) is 5.31. The molecule has 0 aliphatic carbocycles. The van der Waals surface area contributed by atoms with Gasteiger partial charge in [0.05, 0.1) is 6.54 Å². The van der Waals surface area contributed by atoms with E-state index in [4.69, 9.17) is 0 Å². The Morgan fingerprint density at radius 2 is 1.95 bits per heavy atom. The Bertz CT molecular complexity index is 591. The first kappa shape index (κ1) is 14.8. The minimum Gasteiger partial charge on any atom is -0.354 e. The molecule has 0 spiro atoms. The first-order valence-corrected chi connectivity index (χ1v) is 6.75. The van der Waals surface area contributed by atoms with Gasteiger partial charge in [0, 0.05) is 30.9 Å². The van der Waals surface area contributed by atoms with Crippen LogP contribution in [0.15, 0.2) is 36.7 Å². The Kier molecular flexibility index (Phi) is 5.09. The number of H-pyrrole nitrogens is 1. The van der Waals surface area contributed by atoms with Gasteiger partial charge in [-0.2, -0.15) is 0 Å². The third-order valence-corrected chi connectivity index (χ3v) is 2.96. The number of rotatable bonds is 6. The maximum absolute atomic E-state index is 11.8. The van der Waals surface area contributed by atoms with E-state index >= 15 is 0 Å². The fourth-order valence-corrected chi connectivity index (χ4v) is 1.79. The molecule has 1 aromatic carbocycles. The topological polar surface area (TPSA) is 86.9 Å². The molecule has 1 heterocycles. The van der Waals surface area contributed by atoms with E-state index in [1.807, 2.05) is 19.1 Å². The van der Waals surface area contributed by atoms with Crippen molar-refractivity contribution in [2.24, 2.45) is 0 Å². The molecule has 2 rings (SSSR count). The molecular formula is C15H18N4O2. The van der Waals surface area contributed by atoms with Crippen LogP contribution in [-0.4, -0.2) is 34.9 Å². The molecule has 0 radical (unpaired) electrons. The van der Waals surface area contributed by atoms with Crippen molar-refractivity contribution in [2.45, 2.75) is 13.3 Å². The van der Waals surface area contributed by atoms with Gasteiger partial charge in [-0.1, -0.05) is 17.7 Å².